The Morgan fingerprint density at radius 1 is 1.00 bits per heavy atom. The van der Waals surface area contributed by atoms with Gasteiger partial charge in [0.25, 0.3) is 10.1 Å². The van der Waals surface area contributed by atoms with Crippen LogP contribution in [0.2, 0.25) is 0 Å². The Bertz CT molecular complexity index is 657. The van der Waals surface area contributed by atoms with Crippen LogP contribution in [0.1, 0.15) is 25.3 Å². The molecule has 0 aromatic heterocycles. The van der Waals surface area contributed by atoms with Crippen LogP contribution in [0, 0.1) is 0 Å². The van der Waals surface area contributed by atoms with Gasteiger partial charge in [-0.1, -0.05) is 44.2 Å². The van der Waals surface area contributed by atoms with E-state index in [1.54, 1.807) is 18.2 Å². The van der Waals surface area contributed by atoms with Crippen LogP contribution in [0.15, 0.2) is 41.3 Å². The lowest BCUT2D eigenvalue weighted by molar-refractivity contribution is 0.484. The van der Waals surface area contributed by atoms with Crippen LogP contribution < -0.4 is 0 Å². The molecule has 0 saturated carbocycles. The number of hydrogen-bond acceptors (Lipinski definition) is 2. The summed E-state index contributed by atoms with van der Waals surface area (Å²) >= 11 is 0. The highest BCUT2D eigenvalue weighted by Crippen LogP contribution is 2.30. The summed E-state index contributed by atoms with van der Waals surface area (Å²) in [7, 11) is -4.17. The van der Waals surface area contributed by atoms with Gasteiger partial charge in [0.1, 0.15) is 4.90 Å². The predicted molar refractivity (Wildman–Crippen MR) is 67.9 cm³/mol. The number of benzene rings is 2. The third-order valence-corrected chi connectivity index (χ3v) is 3.73. The summed E-state index contributed by atoms with van der Waals surface area (Å²) in [5.74, 6) is 0.301. The summed E-state index contributed by atoms with van der Waals surface area (Å²) in [6.07, 6.45) is 0. The van der Waals surface area contributed by atoms with E-state index in [2.05, 4.69) is 13.8 Å². The van der Waals surface area contributed by atoms with Crippen molar-refractivity contribution >= 4 is 20.9 Å². The van der Waals surface area contributed by atoms with Crippen LogP contribution in [-0.2, 0) is 10.1 Å². The van der Waals surface area contributed by atoms with E-state index in [0.717, 1.165) is 10.9 Å². The molecule has 0 aliphatic rings. The second-order valence-electron chi connectivity index (χ2n) is 4.33. The summed E-state index contributed by atoms with van der Waals surface area (Å²) in [4.78, 5) is -0.0301. The topological polar surface area (TPSA) is 54.4 Å². The maximum atomic E-state index is 11.3. The van der Waals surface area contributed by atoms with Gasteiger partial charge in [0.15, 0.2) is 0 Å². The number of hydrogen-bond donors (Lipinski definition) is 1. The third kappa shape index (κ3) is 2.18. The van der Waals surface area contributed by atoms with Gasteiger partial charge >= 0.3 is 0 Å². The maximum Gasteiger partial charge on any atom is 0.295 e. The van der Waals surface area contributed by atoms with Gasteiger partial charge in [-0.15, -0.1) is 0 Å². The van der Waals surface area contributed by atoms with Crippen LogP contribution >= 0.6 is 0 Å². The Balaban J connectivity index is 2.90. The van der Waals surface area contributed by atoms with Crippen LogP contribution in [0.4, 0.5) is 0 Å². The molecule has 3 nitrogen and oxygen atoms in total. The van der Waals surface area contributed by atoms with Crippen LogP contribution in [-0.4, -0.2) is 13.0 Å². The van der Waals surface area contributed by atoms with Crippen molar-refractivity contribution in [3.8, 4) is 0 Å². The maximum absolute atomic E-state index is 11.3. The zero-order chi connectivity index (χ0) is 12.6. The Morgan fingerprint density at radius 3 is 2.12 bits per heavy atom. The van der Waals surface area contributed by atoms with Crippen molar-refractivity contribution in [2.75, 3.05) is 0 Å². The molecule has 0 fully saturated rings. The molecule has 0 spiro atoms. The molecule has 17 heavy (non-hydrogen) atoms. The first-order valence-corrected chi connectivity index (χ1v) is 6.84. The predicted octanol–water partition coefficient (Wildman–Crippen LogP) is 3.21. The Morgan fingerprint density at radius 2 is 1.59 bits per heavy atom. The largest absolute Gasteiger partial charge is 0.295 e. The molecule has 0 amide bonds. The van der Waals surface area contributed by atoms with E-state index in [1.165, 1.54) is 6.07 Å². The van der Waals surface area contributed by atoms with E-state index >= 15 is 0 Å². The summed E-state index contributed by atoms with van der Waals surface area (Å²) in [5.41, 5.74) is 1.08. The molecule has 0 radical (unpaired) electrons. The van der Waals surface area contributed by atoms with E-state index in [0.29, 0.717) is 11.3 Å². The minimum Gasteiger partial charge on any atom is -0.282 e. The van der Waals surface area contributed by atoms with Gasteiger partial charge in [0.05, 0.1) is 0 Å². The molecule has 0 aliphatic carbocycles. The molecule has 0 saturated heterocycles. The molecule has 0 unspecified atom stereocenters. The first-order chi connectivity index (χ1) is 7.91. The van der Waals surface area contributed by atoms with Gasteiger partial charge in [0.2, 0.25) is 0 Å². The highest BCUT2D eigenvalue weighted by Gasteiger charge is 2.16. The van der Waals surface area contributed by atoms with Gasteiger partial charge in [-0.05, 0) is 22.9 Å². The van der Waals surface area contributed by atoms with E-state index < -0.39 is 10.1 Å². The second kappa shape index (κ2) is 4.13. The minimum atomic E-state index is -4.17. The number of fused-ring (bicyclic) bond motifs is 1. The average molecular weight is 250 g/mol. The summed E-state index contributed by atoms with van der Waals surface area (Å²) in [5, 5.41) is 1.44. The van der Waals surface area contributed by atoms with Crippen molar-refractivity contribution in [1.29, 1.82) is 0 Å². The smallest absolute Gasteiger partial charge is 0.282 e. The van der Waals surface area contributed by atoms with E-state index in [1.807, 2.05) is 12.1 Å². The molecule has 0 aliphatic heterocycles. The summed E-state index contributed by atoms with van der Waals surface area (Å²) < 4.78 is 31.8. The minimum absolute atomic E-state index is 0.0301. The quantitative estimate of drug-likeness (QED) is 0.833. The first-order valence-electron chi connectivity index (χ1n) is 5.40. The molecule has 2 rings (SSSR count). The van der Waals surface area contributed by atoms with Crippen LogP contribution in [0.3, 0.4) is 0 Å². The highest BCUT2D eigenvalue weighted by molar-refractivity contribution is 7.86. The lowest BCUT2D eigenvalue weighted by Gasteiger charge is -2.12. The molecule has 90 valence electrons. The Hall–Kier alpha value is -1.39. The fraction of sp³-hybridized carbons (Fsp3) is 0.231. The molecule has 1 N–H and O–H groups in total. The van der Waals surface area contributed by atoms with Crippen molar-refractivity contribution in [2.45, 2.75) is 24.7 Å². The van der Waals surface area contributed by atoms with Gasteiger partial charge in [-0.2, -0.15) is 8.42 Å². The van der Waals surface area contributed by atoms with Gasteiger partial charge < -0.3 is 0 Å². The highest BCUT2D eigenvalue weighted by atomic mass is 32.2. The molecule has 0 bridgehead atoms. The molecule has 0 heterocycles. The molecule has 0 atom stereocenters. The van der Waals surface area contributed by atoms with E-state index in [-0.39, 0.29) is 4.90 Å². The molecular formula is C13H14O3S. The van der Waals surface area contributed by atoms with Crippen LogP contribution in [0.25, 0.3) is 10.8 Å². The average Bonchev–Trinajstić information content (AvgIpc) is 2.26. The lowest BCUT2D eigenvalue weighted by Crippen LogP contribution is -2.01. The van der Waals surface area contributed by atoms with Gasteiger partial charge in [-0.3, -0.25) is 4.55 Å². The lowest BCUT2D eigenvalue weighted by atomic mass is 9.96. The van der Waals surface area contributed by atoms with Crippen molar-refractivity contribution in [1.82, 2.24) is 0 Å². The molecule has 4 heteroatoms. The zero-order valence-electron chi connectivity index (χ0n) is 9.71. The first kappa shape index (κ1) is 12.1. The normalized spacial score (nSPS) is 12.2. The molecule has 2 aromatic rings. The SMILES string of the molecule is CC(C)c1ccc(S(=O)(=O)O)c2ccccc12. The summed E-state index contributed by atoms with van der Waals surface area (Å²) in [6.45, 7) is 4.10. The third-order valence-electron chi connectivity index (χ3n) is 2.82. The number of rotatable bonds is 2. The van der Waals surface area contributed by atoms with Crippen molar-refractivity contribution in [3.05, 3.63) is 42.0 Å². The van der Waals surface area contributed by atoms with Crippen molar-refractivity contribution in [3.63, 3.8) is 0 Å². The Labute approximate surface area is 101 Å². The Kier molecular flexibility index (Phi) is 2.93. The van der Waals surface area contributed by atoms with Crippen molar-refractivity contribution < 1.29 is 13.0 Å². The van der Waals surface area contributed by atoms with E-state index in [9.17, 15) is 13.0 Å². The fourth-order valence-electron chi connectivity index (χ4n) is 2.02. The molecular weight excluding hydrogens is 236 g/mol. The van der Waals surface area contributed by atoms with E-state index in [4.69, 9.17) is 0 Å². The van der Waals surface area contributed by atoms with Crippen LogP contribution in [0.5, 0.6) is 0 Å². The second-order valence-corrected chi connectivity index (χ2v) is 5.72. The zero-order valence-corrected chi connectivity index (χ0v) is 10.5. The standard InChI is InChI=1S/C13H14O3S/c1-9(2)10-7-8-13(17(14,15)16)12-6-4-3-5-11(10)12/h3-9H,1-2H3,(H,14,15,16). The van der Waals surface area contributed by atoms with Gasteiger partial charge in [-0.25, -0.2) is 0 Å². The van der Waals surface area contributed by atoms with Crippen molar-refractivity contribution in [2.24, 2.45) is 0 Å². The summed E-state index contributed by atoms with van der Waals surface area (Å²) in [6, 6.07) is 10.4. The molecule has 2 aromatic carbocycles. The van der Waals surface area contributed by atoms with Gasteiger partial charge in [0, 0.05) is 5.39 Å². The fourth-order valence-corrected chi connectivity index (χ4v) is 2.72. The monoisotopic (exact) mass is 250 g/mol.